The smallest absolute Gasteiger partial charge is 0.293 e. The first kappa shape index (κ1) is 20.1. The van der Waals surface area contributed by atoms with Gasteiger partial charge in [0.1, 0.15) is 5.69 Å². The summed E-state index contributed by atoms with van der Waals surface area (Å²) < 4.78 is 0. The van der Waals surface area contributed by atoms with E-state index in [0.717, 1.165) is 12.8 Å². The molecule has 9 nitrogen and oxygen atoms in total. The number of nitro benzene ring substituents is 1. The Kier molecular flexibility index (Phi) is 5.55. The van der Waals surface area contributed by atoms with Gasteiger partial charge in [-0.3, -0.25) is 19.7 Å². The monoisotopic (exact) mass is 389 g/mol. The van der Waals surface area contributed by atoms with Crippen molar-refractivity contribution in [3.05, 3.63) is 33.9 Å². The van der Waals surface area contributed by atoms with Gasteiger partial charge in [0, 0.05) is 51.3 Å². The Hall–Kier alpha value is -2.68. The molecule has 1 heterocycles. The van der Waals surface area contributed by atoms with Crippen LogP contribution in [0.3, 0.4) is 0 Å². The molecule has 28 heavy (non-hydrogen) atoms. The van der Waals surface area contributed by atoms with Crippen LogP contribution in [0, 0.1) is 16.0 Å². The van der Waals surface area contributed by atoms with E-state index in [0.29, 0.717) is 44.3 Å². The molecule has 1 aliphatic heterocycles. The summed E-state index contributed by atoms with van der Waals surface area (Å²) >= 11 is 0. The summed E-state index contributed by atoms with van der Waals surface area (Å²) in [5, 5.41) is 14.6. The molecule has 1 aliphatic carbocycles. The standard InChI is InChI=1S/C19H27N5O4/c1-13(25)22-7-9-23(10-8-22)16-6-3-14(11-17(16)24(27)28)18(26)21-19(2,12-20)15-4-5-15/h3,6,11,15H,4-5,7-10,12,20H2,1-2H3,(H,21,26). The van der Waals surface area contributed by atoms with Gasteiger partial charge < -0.3 is 20.9 Å². The molecule has 0 bridgehead atoms. The van der Waals surface area contributed by atoms with E-state index in [-0.39, 0.29) is 23.1 Å². The van der Waals surface area contributed by atoms with Gasteiger partial charge in [0.2, 0.25) is 5.91 Å². The second-order valence-electron chi connectivity index (χ2n) is 7.80. The van der Waals surface area contributed by atoms with Crippen LogP contribution in [0.5, 0.6) is 0 Å². The zero-order chi connectivity index (χ0) is 20.5. The van der Waals surface area contributed by atoms with E-state index in [1.807, 2.05) is 11.8 Å². The van der Waals surface area contributed by atoms with E-state index < -0.39 is 10.5 Å². The average molecular weight is 389 g/mol. The van der Waals surface area contributed by atoms with Crippen LogP contribution in [-0.4, -0.2) is 59.9 Å². The third-order valence-electron chi connectivity index (χ3n) is 5.80. The first-order valence-electron chi connectivity index (χ1n) is 9.56. The minimum Gasteiger partial charge on any atom is -0.362 e. The van der Waals surface area contributed by atoms with E-state index in [4.69, 9.17) is 5.73 Å². The first-order chi connectivity index (χ1) is 13.2. The van der Waals surface area contributed by atoms with Gasteiger partial charge >= 0.3 is 0 Å². The number of hydrogen-bond donors (Lipinski definition) is 2. The zero-order valence-electron chi connectivity index (χ0n) is 16.3. The van der Waals surface area contributed by atoms with Crippen molar-refractivity contribution in [2.24, 2.45) is 11.7 Å². The molecule has 1 aromatic carbocycles. The second-order valence-corrected chi connectivity index (χ2v) is 7.80. The van der Waals surface area contributed by atoms with E-state index in [1.165, 1.54) is 13.0 Å². The van der Waals surface area contributed by atoms with Gasteiger partial charge in [0.25, 0.3) is 11.6 Å². The summed E-state index contributed by atoms with van der Waals surface area (Å²) in [6.45, 7) is 5.82. The van der Waals surface area contributed by atoms with Crippen LogP contribution in [0.4, 0.5) is 11.4 Å². The van der Waals surface area contributed by atoms with Gasteiger partial charge in [-0.1, -0.05) is 0 Å². The van der Waals surface area contributed by atoms with Crippen molar-refractivity contribution in [2.75, 3.05) is 37.6 Å². The normalized spacial score (nSPS) is 19.1. The minimum absolute atomic E-state index is 0.000200. The van der Waals surface area contributed by atoms with Crippen LogP contribution in [0.2, 0.25) is 0 Å². The van der Waals surface area contributed by atoms with Gasteiger partial charge in [0.15, 0.2) is 0 Å². The SMILES string of the molecule is CC(=O)N1CCN(c2ccc(C(=O)NC(C)(CN)C3CC3)cc2[N+](=O)[O-])CC1. The van der Waals surface area contributed by atoms with E-state index in [1.54, 1.807) is 17.0 Å². The van der Waals surface area contributed by atoms with Crippen LogP contribution in [0.1, 0.15) is 37.0 Å². The topological polar surface area (TPSA) is 122 Å². The van der Waals surface area contributed by atoms with Crippen LogP contribution >= 0.6 is 0 Å². The molecule has 1 saturated carbocycles. The number of benzene rings is 1. The van der Waals surface area contributed by atoms with Crippen LogP contribution < -0.4 is 16.0 Å². The fraction of sp³-hybridized carbons (Fsp3) is 0.579. The highest BCUT2D eigenvalue weighted by Crippen LogP contribution is 2.39. The zero-order valence-corrected chi connectivity index (χ0v) is 16.3. The number of nitrogens with two attached hydrogens (primary N) is 1. The molecule has 1 unspecified atom stereocenters. The van der Waals surface area contributed by atoms with Gasteiger partial charge in [-0.2, -0.15) is 0 Å². The van der Waals surface area contributed by atoms with Gasteiger partial charge in [0.05, 0.1) is 10.5 Å². The number of anilines is 1. The third kappa shape index (κ3) is 4.09. The Morgan fingerprint density at radius 2 is 1.93 bits per heavy atom. The lowest BCUT2D eigenvalue weighted by Crippen LogP contribution is -2.53. The number of carbonyl (C=O) groups excluding carboxylic acids is 2. The molecule has 2 fully saturated rings. The highest BCUT2D eigenvalue weighted by atomic mass is 16.6. The highest BCUT2D eigenvalue weighted by Gasteiger charge is 2.41. The van der Waals surface area contributed by atoms with Crippen molar-refractivity contribution in [2.45, 2.75) is 32.2 Å². The Labute approximate surface area is 164 Å². The molecule has 0 spiro atoms. The lowest BCUT2D eigenvalue weighted by molar-refractivity contribution is -0.384. The number of amides is 2. The van der Waals surface area contributed by atoms with Crippen molar-refractivity contribution in [3.63, 3.8) is 0 Å². The number of nitro groups is 1. The summed E-state index contributed by atoms with van der Waals surface area (Å²) in [6.07, 6.45) is 2.05. The fourth-order valence-corrected chi connectivity index (χ4v) is 3.71. The summed E-state index contributed by atoms with van der Waals surface area (Å²) in [4.78, 5) is 38.9. The number of carbonyl (C=O) groups is 2. The summed E-state index contributed by atoms with van der Waals surface area (Å²) in [7, 11) is 0. The molecule has 2 amide bonds. The Bertz CT molecular complexity index is 787. The summed E-state index contributed by atoms with van der Waals surface area (Å²) in [5.74, 6) is 0.00367. The molecule has 1 atom stereocenters. The molecular formula is C19H27N5O4. The predicted molar refractivity (Wildman–Crippen MR) is 105 cm³/mol. The lowest BCUT2D eigenvalue weighted by Gasteiger charge is -2.35. The van der Waals surface area contributed by atoms with Gasteiger partial charge in [-0.05, 0) is 37.8 Å². The third-order valence-corrected chi connectivity index (χ3v) is 5.80. The van der Waals surface area contributed by atoms with Crippen molar-refractivity contribution in [1.29, 1.82) is 0 Å². The average Bonchev–Trinajstić information content (AvgIpc) is 3.53. The molecule has 0 aromatic heterocycles. The Morgan fingerprint density at radius 1 is 1.29 bits per heavy atom. The van der Waals surface area contributed by atoms with Crippen molar-refractivity contribution < 1.29 is 14.5 Å². The van der Waals surface area contributed by atoms with E-state index >= 15 is 0 Å². The molecule has 1 aromatic rings. The maximum atomic E-state index is 12.7. The van der Waals surface area contributed by atoms with Crippen molar-refractivity contribution in [3.8, 4) is 0 Å². The molecule has 0 radical (unpaired) electrons. The predicted octanol–water partition coefficient (Wildman–Crippen LogP) is 1.12. The van der Waals surface area contributed by atoms with Crippen molar-refractivity contribution >= 4 is 23.2 Å². The van der Waals surface area contributed by atoms with Crippen molar-refractivity contribution in [1.82, 2.24) is 10.2 Å². The van der Waals surface area contributed by atoms with Crippen LogP contribution in [-0.2, 0) is 4.79 Å². The number of hydrogen-bond acceptors (Lipinski definition) is 6. The largest absolute Gasteiger partial charge is 0.362 e. The first-order valence-corrected chi connectivity index (χ1v) is 9.56. The number of nitrogens with one attached hydrogen (secondary N) is 1. The van der Waals surface area contributed by atoms with Gasteiger partial charge in [-0.25, -0.2) is 0 Å². The second kappa shape index (κ2) is 7.75. The Morgan fingerprint density at radius 3 is 2.43 bits per heavy atom. The maximum absolute atomic E-state index is 12.7. The van der Waals surface area contributed by atoms with Crippen LogP contribution in [0.25, 0.3) is 0 Å². The molecular weight excluding hydrogens is 362 g/mol. The Balaban J connectivity index is 1.79. The minimum atomic E-state index is -0.493. The molecule has 3 rings (SSSR count). The van der Waals surface area contributed by atoms with E-state index in [9.17, 15) is 19.7 Å². The highest BCUT2D eigenvalue weighted by molar-refractivity contribution is 5.96. The summed E-state index contributed by atoms with van der Waals surface area (Å²) in [5.41, 5.74) is 5.96. The molecule has 152 valence electrons. The number of rotatable bonds is 6. The van der Waals surface area contributed by atoms with Crippen LogP contribution in [0.15, 0.2) is 18.2 Å². The van der Waals surface area contributed by atoms with Gasteiger partial charge in [-0.15, -0.1) is 0 Å². The summed E-state index contributed by atoms with van der Waals surface area (Å²) in [6, 6.07) is 4.55. The molecule has 2 aliphatic rings. The molecule has 9 heteroatoms. The fourth-order valence-electron chi connectivity index (χ4n) is 3.71. The quantitative estimate of drug-likeness (QED) is 0.555. The number of nitrogens with zero attached hydrogens (tertiary/aromatic N) is 3. The lowest BCUT2D eigenvalue weighted by atomic mass is 9.95. The maximum Gasteiger partial charge on any atom is 0.293 e. The van der Waals surface area contributed by atoms with E-state index in [2.05, 4.69) is 5.32 Å². The molecule has 1 saturated heterocycles. The number of piperazine rings is 1. The molecule has 3 N–H and O–H groups in total.